The third-order valence-corrected chi connectivity index (χ3v) is 2.69. The Morgan fingerprint density at radius 3 is 3.00 bits per heavy atom. The summed E-state index contributed by atoms with van der Waals surface area (Å²) >= 11 is 1.38. The summed E-state index contributed by atoms with van der Waals surface area (Å²) in [4.78, 5) is 19.0. The van der Waals surface area contributed by atoms with Gasteiger partial charge in [-0.1, -0.05) is 0 Å². The number of nitrogens with one attached hydrogen (secondary N) is 3. The highest BCUT2D eigenvalue weighted by Crippen LogP contribution is 1.92. The Hall–Kier alpha value is -1.34. The van der Waals surface area contributed by atoms with Crippen LogP contribution in [-0.4, -0.2) is 41.9 Å². The van der Waals surface area contributed by atoms with Crippen molar-refractivity contribution in [2.24, 2.45) is 0 Å². The standard InChI is InChI=1S/C10H17N5OS/c1-11-10(16)15-17-7-6-12-3-2-9-8-13-4-5-14-9/h4-5,8,12H,2-3,6-7H2,1H3,(H2,11,15,16). The van der Waals surface area contributed by atoms with E-state index in [9.17, 15) is 4.79 Å². The van der Waals surface area contributed by atoms with Gasteiger partial charge in [0.05, 0.1) is 5.69 Å². The third-order valence-electron chi connectivity index (χ3n) is 1.95. The van der Waals surface area contributed by atoms with Crippen LogP contribution in [-0.2, 0) is 6.42 Å². The number of amides is 2. The number of aromatic nitrogens is 2. The summed E-state index contributed by atoms with van der Waals surface area (Å²) in [6.07, 6.45) is 5.99. The van der Waals surface area contributed by atoms with Gasteiger partial charge in [0.25, 0.3) is 0 Å². The van der Waals surface area contributed by atoms with E-state index >= 15 is 0 Å². The number of hydrogen-bond donors (Lipinski definition) is 3. The molecule has 94 valence electrons. The molecule has 0 saturated heterocycles. The molecule has 1 rings (SSSR count). The molecule has 0 unspecified atom stereocenters. The summed E-state index contributed by atoms with van der Waals surface area (Å²) in [7, 11) is 1.59. The average molecular weight is 255 g/mol. The van der Waals surface area contributed by atoms with Crippen LogP contribution in [0.3, 0.4) is 0 Å². The van der Waals surface area contributed by atoms with Gasteiger partial charge in [0.2, 0.25) is 0 Å². The first-order chi connectivity index (χ1) is 8.33. The van der Waals surface area contributed by atoms with Crippen molar-refractivity contribution in [3.05, 3.63) is 24.3 Å². The van der Waals surface area contributed by atoms with Crippen molar-refractivity contribution in [2.75, 3.05) is 25.9 Å². The fourth-order valence-electron chi connectivity index (χ4n) is 1.09. The van der Waals surface area contributed by atoms with Gasteiger partial charge in [0, 0.05) is 50.9 Å². The predicted molar refractivity (Wildman–Crippen MR) is 68.7 cm³/mol. The summed E-state index contributed by atoms with van der Waals surface area (Å²) in [5, 5.41) is 5.75. The zero-order chi connectivity index (χ0) is 12.3. The van der Waals surface area contributed by atoms with Gasteiger partial charge in [0.1, 0.15) is 0 Å². The van der Waals surface area contributed by atoms with Crippen LogP contribution in [0.1, 0.15) is 5.69 Å². The maximum atomic E-state index is 10.8. The molecule has 0 atom stereocenters. The van der Waals surface area contributed by atoms with E-state index in [0.29, 0.717) is 0 Å². The Labute approximate surface area is 105 Å². The highest BCUT2D eigenvalue weighted by Gasteiger charge is 1.96. The van der Waals surface area contributed by atoms with Gasteiger partial charge in [-0.2, -0.15) is 0 Å². The molecule has 0 aliphatic heterocycles. The molecular formula is C10H17N5OS. The van der Waals surface area contributed by atoms with Gasteiger partial charge >= 0.3 is 6.03 Å². The Bertz CT molecular complexity index is 322. The lowest BCUT2D eigenvalue weighted by atomic mass is 10.3. The van der Waals surface area contributed by atoms with Crippen LogP contribution in [0.4, 0.5) is 4.79 Å². The Morgan fingerprint density at radius 2 is 2.29 bits per heavy atom. The zero-order valence-electron chi connectivity index (χ0n) is 9.77. The van der Waals surface area contributed by atoms with Crippen molar-refractivity contribution < 1.29 is 4.79 Å². The SMILES string of the molecule is CNC(=O)NSCCNCCc1cnccn1. The molecule has 1 heterocycles. The van der Waals surface area contributed by atoms with Gasteiger partial charge < -0.3 is 10.6 Å². The monoisotopic (exact) mass is 255 g/mol. The molecule has 0 spiro atoms. The van der Waals surface area contributed by atoms with Crippen LogP contribution in [0.5, 0.6) is 0 Å². The summed E-state index contributed by atoms with van der Waals surface area (Å²) in [5.74, 6) is 0.827. The second kappa shape index (κ2) is 8.77. The summed E-state index contributed by atoms with van der Waals surface area (Å²) < 4.78 is 2.65. The maximum Gasteiger partial charge on any atom is 0.324 e. The van der Waals surface area contributed by atoms with Crippen LogP contribution in [0.15, 0.2) is 18.6 Å². The topological polar surface area (TPSA) is 78.9 Å². The van der Waals surface area contributed by atoms with Crippen LogP contribution in [0, 0.1) is 0 Å². The van der Waals surface area contributed by atoms with E-state index < -0.39 is 0 Å². The van der Waals surface area contributed by atoms with Crippen molar-refractivity contribution in [3.63, 3.8) is 0 Å². The quantitative estimate of drug-likeness (QED) is 0.479. The van der Waals surface area contributed by atoms with Crippen LogP contribution in [0.2, 0.25) is 0 Å². The van der Waals surface area contributed by atoms with Gasteiger partial charge in [-0.15, -0.1) is 0 Å². The van der Waals surface area contributed by atoms with Crippen molar-refractivity contribution >= 4 is 18.0 Å². The highest BCUT2D eigenvalue weighted by atomic mass is 32.2. The zero-order valence-corrected chi connectivity index (χ0v) is 10.6. The average Bonchev–Trinajstić information content (AvgIpc) is 2.38. The first-order valence-electron chi connectivity index (χ1n) is 5.38. The Kier molecular flexibility index (Phi) is 7.08. The van der Waals surface area contributed by atoms with E-state index in [-0.39, 0.29) is 6.03 Å². The molecule has 0 aliphatic rings. The first-order valence-corrected chi connectivity index (χ1v) is 6.36. The molecule has 1 aromatic rings. The third kappa shape index (κ3) is 6.75. The van der Waals surface area contributed by atoms with E-state index in [1.54, 1.807) is 25.6 Å². The van der Waals surface area contributed by atoms with E-state index in [1.165, 1.54) is 11.9 Å². The fraction of sp³-hybridized carbons (Fsp3) is 0.500. The molecule has 3 N–H and O–H groups in total. The van der Waals surface area contributed by atoms with Gasteiger partial charge in [-0.3, -0.25) is 14.7 Å². The number of carbonyl (C=O) groups excluding carboxylic acids is 1. The lowest BCUT2D eigenvalue weighted by Gasteiger charge is -2.05. The summed E-state index contributed by atoms with van der Waals surface area (Å²) in [6.45, 7) is 1.70. The minimum Gasteiger partial charge on any atom is -0.341 e. The van der Waals surface area contributed by atoms with Crippen LogP contribution in [0.25, 0.3) is 0 Å². The van der Waals surface area contributed by atoms with Crippen molar-refractivity contribution in [2.45, 2.75) is 6.42 Å². The van der Waals surface area contributed by atoms with Crippen LogP contribution >= 0.6 is 11.9 Å². The molecule has 7 heteroatoms. The molecule has 0 saturated carbocycles. The molecule has 2 amide bonds. The number of nitrogens with zero attached hydrogens (tertiary/aromatic N) is 2. The number of hydrogen-bond acceptors (Lipinski definition) is 5. The number of urea groups is 1. The van der Waals surface area contributed by atoms with E-state index in [0.717, 1.165) is 31.0 Å². The minimum absolute atomic E-state index is 0.172. The van der Waals surface area contributed by atoms with Crippen molar-refractivity contribution in [3.8, 4) is 0 Å². The highest BCUT2D eigenvalue weighted by molar-refractivity contribution is 7.97. The molecule has 17 heavy (non-hydrogen) atoms. The van der Waals surface area contributed by atoms with Crippen molar-refractivity contribution in [1.29, 1.82) is 0 Å². The Balaban J connectivity index is 1.93. The van der Waals surface area contributed by atoms with Gasteiger partial charge in [-0.05, 0) is 11.9 Å². The molecular weight excluding hydrogens is 238 g/mol. The molecule has 1 aromatic heterocycles. The second-order valence-electron chi connectivity index (χ2n) is 3.23. The lowest BCUT2D eigenvalue weighted by Crippen LogP contribution is -2.29. The molecule has 0 aromatic carbocycles. The normalized spacial score (nSPS) is 9.94. The molecule has 0 bridgehead atoms. The Morgan fingerprint density at radius 1 is 1.41 bits per heavy atom. The molecule has 6 nitrogen and oxygen atoms in total. The largest absolute Gasteiger partial charge is 0.341 e. The smallest absolute Gasteiger partial charge is 0.324 e. The van der Waals surface area contributed by atoms with Crippen LogP contribution < -0.4 is 15.4 Å². The predicted octanol–water partition coefficient (Wildman–Crippen LogP) is 0.186. The number of rotatable bonds is 7. The van der Waals surface area contributed by atoms with E-state index in [1.807, 2.05) is 0 Å². The summed E-state index contributed by atoms with van der Waals surface area (Å²) in [5.41, 5.74) is 0.983. The lowest BCUT2D eigenvalue weighted by molar-refractivity contribution is 0.248. The maximum absolute atomic E-state index is 10.8. The van der Waals surface area contributed by atoms with E-state index in [4.69, 9.17) is 0 Å². The van der Waals surface area contributed by atoms with Gasteiger partial charge in [-0.25, -0.2) is 4.79 Å². The molecule has 0 radical (unpaired) electrons. The summed E-state index contributed by atoms with van der Waals surface area (Å²) in [6, 6.07) is -0.172. The second-order valence-corrected chi connectivity index (χ2v) is 4.13. The fourth-order valence-corrected chi connectivity index (χ4v) is 1.67. The van der Waals surface area contributed by atoms with Crippen molar-refractivity contribution in [1.82, 2.24) is 25.3 Å². The molecule has 0 fully saturated rings. The van der Waals surface area contributed by atoms with E-state index in [2.05, 4.69) is 25.3 Å². The molecule has 0 aliphatic carbocycles. The number of carbonyl (C=O) groups is 1. The van der Waals surface area contributed by atoms with Gasteiger partial charge in [0.15, 0.2) is 0 Å². The minimum atomic E-state index is -0.172. The first kappa shape index (κ1) is 13.7.